The number of benzene rings is 1. The molecule has 0 spiro atoms. The lowest BCUT2D eigenvalue weighted by Crippen LogP contribution is -2.48. The number of piperazine rings is 1. The van der Waals surface area contributed by atoms with Crippen molar-refractivity contribution in [2.45, 2.75) is 12.5 Å². The number of carbonyl (C=O) groups excluding carboxylic acids is 2. The average molecular weight is 320 g/mol. The number of hydrogen-bond donors (Lipinski definition) is 4. The van der Waals surface area contributed by atoms with Crippen LogP contribution in [-0.2, 0) is 4.79 Å². The zero-order valence-corrected chi connectivity index (χ0v) is 13.1. The van der Waals surface area contributed by atoms with Gasteiger partial charge in [-0.05, 0) is 12.0 Å². The van der Waals surface area contributed by atoms with Crippen LogP contribution in [0.5, 0.6) is 0 Å². The standard InChI is InChI=1S/C16H24N4O3/c21-14(13-5-2-1-3-6-13)11-19-16(23)18-7-4-9-20-10-8-17-15(22)12-20/h1-3,5-6,14,21H,4,7-12H2,(H,17,22)(H2,18,19,23)/t14-/m0/s1. The van der Waals surface area contributed by atoms with E-state index in [0.717, 1.165) is 25.1 Å². The molecule has 1 aromatic carbocycles. The van der Waals surface area contributed by atoms with Gasteiger partial charge in [0.2, 0.25) is 5.91 Å². The maximum atomic E-state index is 11.7. The Morgan fingerprint density at radius 2 is 2.09 bits per heavy atom. The van der Waals surface area contributed by atoms with Crippen molar-refractivity contribution in [1.82, 2.24) is 20.9 Å². The lowest BCUT2D eigenvalue weighted by Gasteiger charge is -2.26. The van der Waals surface area contributed by atoms with Crippen molar-refractivity contribution < 1.29 is 14.7 Å². The van der Waals surface area contributed by atoms with Gasteiger partial charge in [0.25, 0.3) is 0 Å². The second kappa shape index (κ2) is 9.12. The molecule has 1 saturated heterocycles. The van der Waals surface area contributed by atoms with E-state index in [4.69, 9.17) is 0 Å². The van der Waals surface area contributed by atoms with E-state index in [2.05, 4.69) is 20.9 Å². The van der Waals surface area contributed by atoms with Crippen molar-refractivity contribution in [3.8, 4) is 0 Å². The van der Waals surface area contributed by atoms with Gasteiger partial charge in [0, 0.05) is 32.7 Å². The van der Waals surface area contributed by atoms with Crippen molar-refractivity contribution in [3.63, 3.8) is 0 Å². The Kier molecular flexibility index (Phi) is 6.83. The van der Waals surface area contributed by atoms with E-state index in [9.17, 15) is 14.7 Å². The predicted molar refractivity (Wildman–Crippen MR) is 86.9 cm³/mol. The molecule has 1 fully saturated rings. The average Bonchev–Trinajstić information content (AvgIpc) is 2.57. The van der Waals surface area contributed by atoms with Gasteiger partial charge in [-0.25, -0.2) is 4.79 Å². The summed E-state index contributed by atoms with van der Waals surface area (Å²) < 4.78 is 0. The number of hydrogen-bond acceptors (Lipinski definition) is 4. The first-order chi connectivity index (χ1) is 11.1. The van der Waals surface area contributed by atoms with E-state index in [1.807, 2.05) is 30.3 Å². The van der Waals surface area contributed by atoms with E-state index in [0.29, 0.717) is 19.6 Å². The maximum Gasteiger partial charge on any atom is 0.314 e. The molecule has 23 heavy (non-hydrogen) atoms. The van der Waals surface area contributed by atoms with E-state index in [-0.39, 0.29) is 18.5 Å². The van der Waals surface area contributed by atoms with E-state index in [1.165, 1.54) is 0 Å². The van der Waals surface area contributed by atoms with Crippen molar-refractivity contribution >= 4 is 11.9 Å². The van der Waals surface area contributed by atoms with Crippen LogP contribution in [0, 0.1) is 0 Å². The summed E-state index contributed by atoms with van der Waals surface area (Å²) in [5.74, 6) is 0.0526. The molecule has 3 amide bonds. The number of aliphatic hydroxyl groups is 1. The van der Waals surface area contributed by atoms with E-state index in [1.54, 1.807) is 0 Å². The molecule has 126 valence electrons. The molecule has 4 N–H and O–H groups in total. The number of nitrogens with zero attached hydrogens (tertiary/aromatic N) is 1. The van der Waals surface area contributed by atoms with Crippen LogP contribution in [0.1, 0.15) is 18.1 Å². The fraction of sp³-hybridized carbons (Fsp3) is 0.500. The summed E-state index contributed by atoms with van der Waals surface area (Å²) in [6.07, 6.45) is 0.0656. The molecule has 0 aromatic heterocycles. The minimum absolute atomic E-state index is 0.0526. The second-order valence-electron chi connectivity index (χ2n) is 5.54. The summed E-state index contributed by atoms with van der Waals surface area (Å²) in [7, 11) is 0. The van der Waals surface area contributed by atoms with Crippen LogP contribution < -0.4 is 16.0 Å². The van der Waals surface area contributed by atoms with Crippen molar-refractivity contribution in [3.05, 3.63) is 35.9 Å². The van der Waals surface area contributed by atoms with Crippen LogP contribution in [-0.4, -0.2) is 61.2 Å². The predicted octanol–water partition coefficient (Wildman–Crippen LogP) is -0.159. The van der Waals surface area contributed by atoms with E-state index >= 15 is 0 Å². The number of amides is 3. The summed E-state index contributed by atoms with van der Waals surface area (Å²) in [5.41, 5.74) is 0.774. The summed E-state index contributed by atoms with van der Waals surface area (Å²) in [4.78, 5) is 25.0. The van der Waals surface area contributed by atoms with Crippen LogP contribution in [0.2, 0.25) is 0 Å². The third-order valence-corrected chi connectivity index (χ3v) is 3.69. The van der Waals surface area contributed by atoms with Crippen LogP contribution in [0.25, 0.3) is 0 Å². The zero-order valence-electron chi connectivity index (χ0n) is 13.1. The first-order valence-electron chi connectivity index (χ1n) is 7.89. The van der Waals surface area contributed by atoms with E-state index < -0.39 is 6.10 Å². The number of carbonyl (C=O) groups is 2. The highest BCUT2D eigenvalue weighted by Gasteiger charge is 2.15. The molecule has 1 heterocycles. The van der Waals surface area contributed by atoms with Gasteiger partial charge >= 0.3 is 6.03 Å². The van der Waals surface area contributed by atoms with Gasteiger partial charge in [0.15, 0.2) is 0 Å². The molecular formula is C16H24N4O3. The molecule has 2 rings (SSSR count). The molecule has 0 saturated carbocycles. The van der Waals surface area contributed by atoms with Gasteiger partial charge in [-0.3, -0.25) is 9.69 Å². The SMILES string of the molecule is O=C1CN(CCCNC(=O)NC[C@H](O)c2ccccc2)CCN1. The largest absolute Gasteiger partial charge is 0.387 e. The molecule has 7 nitrogen and oxygen atoms in total. The third-order valence-electron chi connectivity index (χ3n) is 3.69. The van der Waals surface area contributed by atoms with Crippen LogP contribution in [0.3, 0.4) is 0 Å². The van der Waals surface area contributed by atoms with Crippen LogP contribution in [0.15, 0.2) is 30.3 Å². The molecule has 0 aliphatic carbocycles. The second-order valence-corrected chi connectivity index (χ2v) is 5.54. The quantitative estimate of drug-likeness (QED) is 0.525. The molecule has 1 aliphatic rings. The fourth-order valence-corrected chi connectivity index (χ4v) is 2.43. The first kappa shape index (κ1) is 17.2. The summed E-state index contributed by atoms with van der Waals surface area (Å²) in [5, 5.41) is 18.1. The van der Waals surface area contributed by atoms with Crippen molar-refractivity contribution in [2.24, 2.45) is 0 Å². The lowest BCUT2D eigenvalue weighted by molar-refractivity contribution is -0.124. The van der Waals surface area contributed by atoms with Gasteiger partial charge in [-0.15, -0.1) is 0 Å². The summed E-state index contributed by atoms with van der Waals surface area (Å²) in [6.45, 7) is 3.44. The first-order valence-corrected chi connectivity index (χ1v) is 7.89. The van der Waals surface area contributed by atoms with Crippen LogP contribution in [0.4, 0.5) is 4.79 Å². The zero-order chi connectivity index (χ0) is 16.5. The summed E-state index contributed by atoms with van der Waals surface area (Å²) in [6, 6.07) is 8.91. The Morgan fingerprint density at radius 1 is 1.30 bits per heavy atom. The minimum atomic E-state index is -0.714. The van der Waals surface area contributed by atoms with Gasteiger partial charge in [-0.1, -0.05) is 30.3 Å². The molecule has 0 radical (unpaired) electrons. The molecule has 1 aromatic rings. The molecule has 7 heteroatoms. The van der Waals surface area contributed by atoms with Gasteiger partial charge in [-0.2, -0.15) is 0 Å². The maximum absolute atomic E-state index is 11.7. The Labute approximate surface area is 136 Å². The van der Waals surface area contributed by atoms with Crippen molar-refractivity contribution in [2.75, 3.05) is 39.3 Å². The summed E-state index contributed by atoms with van der Waals surface area (Å²) >= 11 is 0. The number of aliphatic hydroxyl groups excluding tert-OH is 1. The Bertz CT molecular complexity index is 509. The van der Waals surface area contributed by atoms with Crippen LogP contribution >= 0.6 is 0 Å². The Hall–Kier alpha value is -2.12. The number of rotatable bonds is 7. The Morgan fingerprint density at radius 3 is 2.83 bits per heavy atom. The fourth-order valence-electron chi connectivity index (χ4n) is 2.43. The molecule has 0 bridgehead atoms. The molecule has 1 aliphatic heterocycles. The normalized spacial score (nSPS) is 16.5. The molecule has 1 atom stereocenters. The lowest BCUT2D eigenvalue weighted by atomic mass is 10.1. The van der Waals surface area contributed by atoms with Gasteiger partial charge < -0.3 is 21.1 Å². The van der Waals surface area contributed by atoms with Crippen molar-refractivity contribution in [1.29, 1.82) is 0 Å². The molecule has 0 unspecified atom stereocenters. The van der Waals surface area contributed by atoms with Gasteiger partial charge in [0.05, 0.1) is 12.6 Å². The number of urea groups is 1. The third kappa shape index (κ3) is 6.25. The highest BCUT2D eigenvalue weighted by molar-refractivity contribution is 5.78. The minimum Gasteiger partial charge on any atom is -0.387 e. The monoisotopic (exact) mass is 320 g/mol. The highest BCUT2D eigenvalue weighted by Crippen LogP contribution is 2.10. The molecular weight excluding hydrogens is 296 g/mol. The number of nitrogens with one attached hydrogen (secondary N) is 3. The highest BCUT2D eigenvalue weighted by atomic mass is 16.3. The smallest absolute Gasteiger partial charge is 0.314 e. The Balaban J connectivity index is 1.55. The van der Waals surface area contributed by atoms with Gasteiger partial charge in [0.1, 0.15) is 0 Å². The topological polar surface area (TPSA) is 93.7 Å².